The van der Waals surface area contributed by atoms with Gasteiger partial charge in [0.1, 0.15) is 5.82 Å². The average molecular weight is 279 g/mol. The molecule has 0 bridgehead atoms. The number of fused-ring (bicyclic) bond motifs is 1. The summed E-state index contributed by atoms with van der Waals surface area (Å²) in [5.41, 5.74) is 11.1. The number of nitrogens with two attached hydrogens (primary N) is 1. The van der Waals surface area contributed by atoms with Gasteiger partial charge < -0.3 is 10.3 Å². The van der Waals surface area contributed by atoms with Crippen molar-refractivity contribution in [1.82, 2.24) is 9.55 Å². The van der Waals surface area contributed by atoms with Crippen molar-refractivity contribution in [2.75, 3.05) is 0 Å². The highest BCUT2D eigenvalue weighted by Gasteiger charge is 2.12. The van der Waals surface area contributed by atoms with Crippen molar-refractivity contribution < 1.29 is 0 Å². The molecule has 3 aromatic rings. The summed E-state index contributed by atoms with van der Waals surface area (Å²) in [6.07, 6.45) is 1.67. The molecular formula is C18H21N3. The van der Waals surface area contributed by atoms with E-state index in [0.717, 1.165) is 29.7 Å². The summed E-state index contributed by atoms with van der Waals surface area (Å²) in [6.45, 7) is 2.11. The number of aromatic nitrogens is 2. The van der Waals surface area contributed by atoms with Crippen LogP contribution in [0.25, 0.3) is 11.0 Å². The lowest BCUT2D eigenvalue weighted by molar-refractivity contribution is 0.626. The molecule has 3 heteroatoms. The summed E-state index contributed by atoms with van der Waals surface area (Å²) < 4.78 is 2.14. The Morgan fingerprint density at radius 2 is 1.90 bits per heavy atom. The van der Waals surface area contributed by atoms with Crippen molar-refractivity contribution in [3.05, 3.63) is 65.5 Å². The molecule has 0 spiro atoms. The average Bonchev–Trinajstić information content (AvgIpc) is 2.76. The number of aryl methyl sites for hydroxylation is 2. The van der Waals surface area contributed by atoms with Crippen LogP contribution in [0.2, 0.25) is 0 Å². The van der Waals surface area contributed by atoms with Gasteiger partial charge in [-0.1, -0.05) is 42.0 Å². The van der Waals surface area contributed by atoms with E-state index in [2.05, 4.69) is 48.9 Å². The topological polar surface area (TPSA) is 43.8 Å². The van der Waals surface area contributed by atoms with E-state index < -0.39 is 0 Å². The largest absolute Gasteiger partial charge is 0.331 e. The Kier molecular flexibility index (Phi) is 3.76. The van der Waals surface area contributed by atoms with Crippen molar-refractivity contribution in [3.8, 4) is 0 Å². The van der Waals surface area contributed by atoms with E-state index in [0.29, 0.717) is 0 Å². The maximum absolute atomic E-state index is 6.33. The minimum Gasteiger partial charge on any atom is -0.331 e. The molecule has 3 rings (SSSR count). The zero-order chi connectivity index (χ0) is 14.8. The first-order chi connectivity index (χ1) is 10.1. The fraction of sp³-hybridized carbons (Fsp3) is 0.278. The Balaban J connectivity index is 1.77. The molecule has 1 heterocycles. The molecule has 0 saturated carbocycles. The molecule has 1 unspecified atom stereocenters. The van der Waals surface area contributed by atoms with Crippen LogP contribution >= 0.6 is 0 Å². The molecule has 0 amide bonds. The van der Waals surface area contributed by atoms with E-state index in [4.69, 9.17) is 10.7 Å². The van der Waals surface area contributed by atoms with Crippen LogP contribution in [0.4, 0.5) is 0 Å². The highest BCUT2D eigenvalue weighted by molar-refractivity contribution is 5.75. The van der Waals surface area contributed by atoms with E-state index in [1.807, 2.05) is 18.2 Å². The Labute approximate surface area is 125 Å². The van der Waals surface area contributed by atoms with Crippen LogP contribution in [-0.2, 0) is 19.9 Å². The van der Waals surface area contributed by atoms with Gasteiger partial charge in [-0.05, 0) is 31.0 Å². The predicted molar refractivity (Wildman–Crippen MR) is 87.3 cm³/mol. The lowest BCUT2D eigenvalue weighted by Gasteiger charge is -2.12. The van der Waals surface area contributed by atoms with Crippen LogP contribution in [-0.4, -0.2) is 15.6 Å². The van der Waals surface area contributed by atoms with Gasteiger partial charge in [0, 0.05) is 19.5 Å². The number of nitrogens with zero attached hydrogens (tertiary/aromatic N) is 2. The van der Waals surface area contributed by atoms with Crippen LogP contribution in [0.5, 0.6) is 0 Å². The van der Waals surface area contributed by atoms with Crippen molar-refractivity contribution in [1.29, 1.82) is 0 Å². The second kappa shape index (κ2) is 5.70. The second-order valence-electron chi connectivity index (χ2n) is 5.73. The first kappa shape index (κ1) is 13.8. The third kappa shape index (κ3) is 2.98. The minimum atomic E-state index is 0.0855. The Morgan fingerprint density at radius 3 is 2.67 bits per heavy atom. The van der Waals surface area contributed by atoms with Crippen LogP contribution in [0, 0.1) is 6.92 Å². The van der Waals surface area contributed by atoms with Crippen LogP contribution in [0.1, 0.15) is 17.0 Å². The van der Waals surface area contributed by atoms with Gasteiger partial charge in [0.2, 0.25) is 0 Å². The van der Waals surface area contributed by atoms with Gasteiger partial charge in [0.25, 0.3) is 0 Å². The highest BCUT2D eigenvalue weighted by atomic mass is 15.1. The smallest absolute Gasteiger partial charge is 0.111 e. The molecule has 0 aliphatic rings. The Bertz CT molecular complexity index is 758. The third-order valence-electron chi connectivity index (χ3n) is 3.90. The van der Waals surface area contributed by atoms with Gasteiger partial charge in [0.15, 0.2) is 0 Å². The van der Waals surface area contributed by atoms with E-state index in [1.54, 1.807) is 0 Å². The first-order valence-electron chi connectivity index (χ1n) is 7.35. The monoisotopic (exact) mass is 279 g/mol. The molecule has 2 N–H and O–H groups in total. The van der Waals surface area contributed by atoms with Crippen molar-refractivity contribution in [2.24, 2.45) is 12.8 Å². The van der Waals surface area contributed by atoms with Crippen LogP contribution < -0.4 is 5.73 Å². The summed E-state index contributed by atoms with van der Waals surface area (Å²) in [5, 5.41) is 0. The molecule has 0 fully saturated rings. The molecule has 1 aromatic heterocycles. The summed E-state index contributed by atoms with van der Waals surface area (Å²) in [6, 6.07) is 16.8. The van der Waals surface area contributed by atoms with Crippen LogP contribution in [0.3, 0.4) is 0 Å². The maximum atomic E-state index is 6.33. The number of hydrogen-bond donors (Lipinski definition) is 1. The number of rotatable bonds is 4. The van der Waals surface area contributed by atoms with Crippen molar-refractivity contribution >= 4 is 11.0 Å². The number of para-hydroxylation sites is 2. The second-order valence-corrected chi connectivity index (χ2v) is 5.73. The van der Waals surface area contributed by atoms with Gasteiger partial charge in [0.05, 0.1) is 11.0 Å². The summed E-state index contributed by atoms with van der Waals surface area (Å²) in [5.74, 6) is 1.05. The Morgan fingerprint density at radius 1 is 1.10 bits per heavy atom. The maximum Gasteiger partial charge on any atom is 0.111 e. The molecule has 3 nitrogen and oxygen atoms in total. The fourth-order valence-electron chi connectivity index (χ4n) is 2.83. The molecule has 0 radical (unpaired) electrons. The standard InChI is InChI=1S/C18H21N3/c1-13-6-5-7-14(10-13)11-15(19)12-18-20-16-8-3-4-9-17(16)21(18)2/h3-10,15H,11-12,19H2,1-2H3. The number of hydrogen-bond acceptors (Lipinski definition) is 2. The van der Waals surface area contributed by atoms with E-state index in [-0.39, 0.29) is 6.04 Å². The first-order valence-corrected chi connectivity index (χ1v) is 7.35. The molecule has 0 aliphatic carbocycles. The molecule has 2 aromatic carbocycles. The zero-order valence-corrected chi connectivity index (χ0v) is 12.6. The lowest BCUT2D eigenvalue weighted by atomic mass is 10.0. The molecular weight excluding hydrogens is 258 g/mol. The molecule has 21 heavy (non-hydrogen) atoms. The molecule has 108 valence electrons. The number of benzene rings is 2. The quantitative estimate of drug-likeness (QED) is 0.798. The predicted octanol–water partition coefficient (Wildman–Crippen LogP) is 2.99. The van der Waals surface area contributed by atoms with E-state index >= 15 is 0 Å². The Hall–Kier alpha value is -2.13. The molecule has 0 saturated heterocycles. The highest BCUT2D eigenvalue weighted by Crippen LogP contribution is 2.16. The fourth-order valence-corrected chi connectivity index (χ4v) is 2.83. The van der Waals surface area contributed by atoms with Gasteiger partial charge in [-0.15, -0.1) is 0 Å². The normalized spacial score (nSPS) is 12.7. The summed E-state index contributed by atoms with van der Waals surface area (Å²) >= 11 is 0. The zero-order valence-electron chi connectivity index (χ0n) is 12.6. The minimum absolute atomic E-state index is 0.0855. The number of imidazole rings is 1. The molecule has 0 aliphatic heterocycles. The summed E-state index contributed by atoms with van der Waals surface area (Å²) in [7, 11) is 2.06. The van der Waals surface area contributed by atoms with Crippen LogP contribution in [0.15, 0.2) is 48.5 Å². The molecule has 1 atom stereocenters. The van der Waals surface area contributed by atoms with Crippen molar-refractivity contribution in [2.45, 2.75) is 25.8 Å². The SMILES string of the molecule is Cc1cccc(CC(N)Cc2nc3ccccc3n2C)c1. The lowest BCUT2D eigenvalue weighted by Crippen LogP contribution is -2.27. The summed E-state index contributed by atoms with van der Waals surface area (Å²) in [4.78, 5) is 4.69. The van der Waals surface area contributed by atoms with Gasteiger partial charge in [-0.3, -0.25) is 0 Å². The van der Waals surface area contributed by atoms with E-state index in [1.165, 1.54) is 11.1 Å². The third-order valence-corrected chi connectivity index (χ3v) is 3.90. The van der Waals surface area contributed by atoms with Gasteiger partial charge in [-0.2, -0.15) is 0 Å². The van der Waals surface area contributed by atoms with Gasteiger partial charge >= 0.3 is 0 Å². The van der Waals surface area contributed by atoms with Crippen molar-refractivity contribution in [3.63, 3.8) is 0 Å². The van der Waals surface area contributed by atoms with E-state index in [9.17, 15) is 0 Å². The van der Waals surface area contributed by atoms with Gasteiger partial charge in [-0.25, -0.2) is 4.98 Å².